The second kappa shape index (κ2) is 7.62. The molecule has 0 spiro atoms. The molecule has 2 aromatic rings. The molecule has 2 aromatic carbocycles. The first kappa shape index (κ1) is 17.5. The van der Waals surface area contributed by atoms with Crippen molar-refractivity contribution < 1.29 is 14.3 Å². The van der Waals surface area contributed by atoms with Crippen molar-refractivity contribution in [2.45, 2.75) is 11.8 Å². The largest absolute Gasteiger partial charge is 0.495 e. The Labute approximate surface area is 145 Å². The van der Waals surface area contributed by atoms with E-state index >= 15 is 0 Å². The number of aryl methyl sites for hydroxylation is 1. The molecule has 0 aromatic heterocycles. The predicted molar refractivity (Wildman–Crippen MR) is 95.5 cm³/mol. The van der Waals surface area contributed by atoms with E-state index < -0.39 is 0 Å². The number of methoxy groups -OCH3 is 2. The molecule has 0 heterocycles. The lowest BCUT2D eigenvalue weighted by Crippen LogP contribution is -2.14. The molecule has 0 radical (unpaired) electrons. The van der Waals surface area contributed by atoms with Crippen LogP contribution in [0.5, 0.6) is 11.5 Å². The van der Waals surface area contributed by atoms with Gasteiger partial charge >= 0.3 is 0 Å². The summed E-state index contributed by atoms with van der Waals surface area (Å²) in [7, 11) is 3.04. The molecule has 1 N–H and O–H groups in total. The van der Waals surface area contributed by atoms with E-state index in [1.807, 2.05) is 31.4 Å². The maximum absolute atomic E-state index is 12.6. The van der Waals surface area contributed by atoms with E-state index in [0.29, 0.717) is 27.8 Å². The quantitative estimate of drug-likeness (QED) is 0.797. The average molecular weight is 352 g/mol. The van der Waals surface area contributed by atoms with E-state index in [0.717, 1.165) is 10.5 Å². The number of thioether (sulfide) groups is 1. The molecule has 0 atom stereocenters. The predicted octanol–water partition coefficient (Wildman–Crippen LogP) is 4.64. The zero-order chi connectivity index (χ0) is 17.0. The van der Waals surface area contributed by atoms with Gasteiger partial charge in [0.1, 0.15) is 11.5 Å². The van der Waals surface area contributed by atoms with Gasteiger partial charge in [-0.1, -0.05) is 17.7 Å². The smallest absolute Gasteiger partial charge is 0.256 e. The fourth-order valence-corrected chi connectivity index (χ4v) is 2.79. The van der Waals surface area contributed by atoms with Crippen LogP contribution in [0.4, 0.5) is 5.69 Å². The van der Waals surface area contributed by atoms with Gasteiger partial charge in [0.2, 0.25) is 0 Å². The normalized spacial score (nSPS) is 10.3. The highest BCUT2D eigenvalue weighted by Crippen LogP contribution is 2.36. The molecule has 0 aliphatic rings. The molecule has 1 amide bonds. The molecule has 0 bridgehead atoms. The first-order valence-electron chi connectivity index (χ1n) is 6.87. The highest BCUT2D eigenvalue weighted by atomic mass is 35.5. The van der Waals surface area contributed by atoms with E-state index in [9.17, 15) is 4.79 Å². The lowest BCUT2D eigenvalue weighted by Gasteiger charge is -2.14. The van der Waals surface area contributed by atoms with Crippen LogP contribution in [0, 0.1) is 6.92 Å². The molecule has 122 valence electrons. The molecule has 0 aliphatic heterocycles. The minimum Gasteiger partial charge on any atom is -0.495 e. The number of hydrogen-bond acceptors (Lipinski definition) is 4. The fraction of sp³-hybridized carbons (Fsp3) is 0.235. The number of carbonyl (C=O) groups is 1. The van der Waals surface area contributed by atoms with Gasteiger partial charge in [-0.3, -0.25) is 4.79 Å². The van der Waals surface area contributed by atoms with Gasteiger partial charge < -0.3 is 14.8 Å². The van der Waals surface area contributed by atoms with Gasteiger partial charge in [-0.15, -0.1) is 11.8 Å². The summed E-state index contributed by atoms with van der Waals surface area (Å²) in [5.74, 6) is 0.737. The van der Waals surface area contributed by atoms with Crippen molar-refractivity contribution in [2.75, 3.05) is 25.8 Å². The second-order valence-electron chi connectivity index (χ2n) is 4.82. The molecule has 4 nitrogen and oxygen atoms in total. The third kappa shape index (κ3) is 3.92. The SMILES string of the molecule is COc1cc(NC(=O)c2cc(SC)ccc2C)c(OC)cc1Cl. The van der Waals surface area contributed by atoms with Crippen molar-refractivity contribution in [3.8, 4) is 11.5 Å². The van der Waals surface area contributed by atoms with Gasteiger partial charge in [0.15, 0.2) is 0 Å². The van der Waals surface area contributed by atoms with Crippen molar-refractivity contribution in [1.29, 1.82) is 0 Å². The Balaban J connectivity index is 2.37. The van der Waals surface area contributed by atoms with Crippen LogP contribution in [-0.4, -0.2) is 26.4 Å². The standard InChI is InChI=1S/C17H18ClNO3S/c1-10-5-6-11(23-4)7-12(10)17(20)19-14-9-15(21-2)13(18)8-16(14)22-3/h5-9H,1-4H3,(H,19,20). The van der Waals surface area contributed by atoms with Gasteiger partial charge in [0.25, 0.3) is 5.91 Å². The summed E-state index contributed by atoms with van der Waals surface area (Å²) in [5.41, 5.74) is 2.03. The molecular weight excluding hydrogens is 334 g/mol. The monoisotopic (exact) mass is 351 g/mol. The number of benzene rings is 2. The Kier molecular flexibility index (Phi) is 5.80. The van der Waals surface area contributed by atoms with Crippen LogP contribution in [-0.2, 0) is 0 Å². The zero-order valence-electron chi connectivity index (χ0n) is 13.4. The van der Waals surface area contributed by atoms with E-state index in [-0.39, 0.29) is 5.91 Å². The van der Waals surface area contributed by atoms with Crippen molar-refractivity contribution >= 4 is 35.0 Å². The van der Waals surface area contributed by atoms with Gasteiger partial charge in [0, 0.05) is 22.6 Å². The van der Waals surface area contributed by atoms with Crippen molar-refractivity contribution in [3.05, 3.63) is 46.5 Å². The molecule has 0 saturated carbocycles. The van der Waals surface area contributed by atoms with Crippen LogP contribution < -0.4 is 14.8 Å². The molecule has 2 rings (SSSR count). The molecule has 0 fully saturated rings. The summed E-state index contributed by atoms with van der Waals surface area (Å²) in [6.45, 7) is 1.90. The van der Waals surface area contributed by atoms with Gasteiger partial charge in [-0.2, -0.15) is 0 Å². The van der Waals surface area contributed by atoms with Crippen molar-refractivity contribution in [2.24, 2.45) is 0 Å². The summed E-state index contributed by atoms with van der Waals surface area (Å²) in [6.07, 6.45) is 1.97. The van der Waals surface area contributed by atoms with E-state index in [1.54, 1.807) is 23.9 Å². The van der Waals surface area contributed by atoms with Crippen molar-refractivity contribution in [1.82, 2.24) is 0 Å². The summed E-state index contributed by atoms with van der Waals surface area (Å²) in [5, 5.41) is 3.28. The second-order valence-corrected chi connectivity index (χ2v) is 6.11. The first-order chi connectivity index (χ1) is 11.0. The van der Waals surface area contributed by atoms with Crippen LogP contribution >= 0.6 is 23.4 Å². The molecule has 0 saturated heterocycles. The van der Waals surface area contributed by atoms with E-state index in [2.05, 4.69) is 5.32 Å². The third-order valence-electron chi connectivity index (χ3n) is 3.41. The third-order valence-corrected chi connectivity index (χ3v) is 4.43. The highest BCUT2D eigenvalue weighted by Gasteiger charge is 2.15. The summed E-state index contributed by atoms with van der Waals surface area (Å²) >= 11 is 7.67. The molecule has 23 heavy (non-hydrogen) atoms. The van der Waals surface area contributed by atoms with Crippen LogP contribution in [0.25, 0.3) is 0 Å². The minimum absolute atomic E-state index is 0.207. The zero-order valence-corrected chi connectivity index (χ0v) is 15.0. The van der Waals surface area contributed by atoms with Crippen LogP contribution in [0.3, 0.4) is 0 Å². The molecular formula is C17H18ClNO3S. The molecule has 0 unspecified atom stereocenters. The lowest BCUT2D eigenvalue weighted by atomic mass is 10.1. The summed E-state index contributed by atoms with van der Waals surface area (Å²) < 4.78 is 10.5. The maximum atomic E-state index is 12.6. The number of rotatable bonds is 5. The number of halogens is 1. The fourth-order valence-electron chi connectivity index (χ4n) is 2.12. The topological polar surface area (TPSA) is 47.6 Å². The number of carbonyl (C=O) groups excluding carboxylic acids is 1. The number of ether oxygens (including phenoxy) is 2. The number of anilines is 1. The summed E-state index contributed by atoms with van der Waals surface area (Å²) in [6, 6.07) is 9.05. The Bertz CT molecular complexity index is 734. The van der Waals surface area contributed by atoms with Crippen LogP contribution in [0.15, 0.2) is 35.2 Å². The van der Waals surface area contributed by atoms with Crippen molar-refractivity contribution in [3.63, 3.8) is 0 Å². The Hall–Kier alpha value is -1.85. The lowest BCUT2D eigenvalue weighted by molar-refractivity contribution is 0.102. The molecule has 0 aliphatic carbocycles. The van der Waals surface area contributed by atoms with Gasteiger partial charge in [-0.25, -0.2) is 0 Å². The Morgan fingerprint density at radius 2 is 1.83 bits per heavy atom. The number of nitrogens with one attached hydrogen (secondary N) is 1. The number of amides is 1. The Morgan fingerprint density at radius 3 is 2.43 bits per heavy atom. The van der Waals surface area contributed by atoms with Gasteiger partial charge in [-0.05, 0) is 30.9 Å². The number of hydrogen-bond donors (Lipinski definition) is 1. The minimum atomic E-state index is -0.207. The van der Waals surface area contributed by atoms with Crippen LogP contribution in [0.2, 0.25) is 5.02 Å². The first-order valence-corrected chi connectivity index (χ1v) is 8.48. The van der Waals surface area contributed by atoms with Crippen LogP contribution in [0.1, 0.15) is 15.9 Å². The Morgan fingerprint density at radius 1 is 1.13 bits per heavy atom. The average Bonchev–Trinajstić information content (AvgIpc) is 2.56. The molecule has 6 heteroatoms. The maximum Gasteiger partial charge on any atom is 0.256 e. The van der Waals surface area contributed by atoms with E-state index in [4.69, 9.17) is 21.1 Å². The summed E-state index contributed by atoms with van der Waals surface area (Å²) in [4.78, 5) is 13.6. The highest BCUT2D eigenvalue weighted by molar-refractivity contribution is 7.98. The van der Waals surface area contributed by atoms with Gasteiger partial charge in [0.05, 0.1) is 24.9 Å². The van der Waals surface area contributed by atoms with E-state index in [1.165, 1.54) is 14.2 Å².